The van der Waals surface area contributed by atoms with Crippen LogP contribution in [-0.4, -0.2) is 71.0 Å². The van der Waals surface area contributed by atoms with Crippen LogP contribution in [-0.2, 0) is 9.53 Å². The highest BCUT2D eigenvalue weighted by atomic mass is 32.1. The molecule has 2 aromatic carbocycles. The van der Waals surface area contributed by atoms with Crippen molar-refractivity contribution >= 4 is 23.0 Å². The largest absolute Gasteiger partial charge is 0.503 e. The SMILES string of the molecule is Cc1nc(-c2ccccc2)sc1C(=O)C1=C(O)C(=O)N(CCN2CCOCC2)C1c1cccc(F)c1. The Labute approximate surface area is 212 Å². The zero-order chi connectivity index (χ0) is 25.2. The van der Waals surface area contributed by atoms with E-state index in [4.69, 9.17) is 4.74 Å². The molecular formula is C27H26FN3O4S. The molecule has 5 rings (SSSR count). The summed E-state index contributed by atoms with van der Waals surface area (Å²) in [5, 5.41) is 11.6. The molecule has 1 fully saturated rings. The number of morpholine rings is 1. The third kappa shape index (κ3) is 4.69. The Kier molecular flexibility index (Phi) is 6.95. The second-order valence-electron chi connectivity index (χ2n) is 8.80. The van der Waals surface area contributed by atoms with Gasteiger partial charge in [0.25, 0.3) is 5.91 Å². The maximum absolute atomic E-state index is 14.2. The molecule has 0 bridgehead atoms. The lowest BCUT2D eigenvalue weighted by atomic mass is 9.95. The van der Waals surface area contributed by atoms with Crippen LogP contribution >= 0.6 is 11.3 Å². The normalized spacial score (nSPS) is 18.8. The summed E-state index contributed by atoms with van der Waals surface area (Å²) in [6, 6.07) is 14.4. The van der Waals surface area contributed by atoms with Crippen molar-refractivity contribution < 1.29 is 23.8 Å². The topological polar surface area (TPSA) is 83.0 Å². The molecule has 1 amide bonds. The van der Waals surface area contributed by atoms with Gasteiger partial charge in [0.05, 0.1) is 35.4 Å². The summed E-state index contributed by atoms with van der Waals surface area (Å²) in [4.78, 5) is 35.6. The van der Waals surface area contributed by atoms with Crippen LogP contribution in [0.2, 0.25) is 0 Å². The summed E-state index contributed by atoms with van der Waals surface area (Å²) in [5.74, 6) is -2.18. The molecule has 1 N–H and O–H groups in total. The highest BCUT2D eigenvalue weighted by Gasteiger charge is 2.44. The molecule has 36 heavy (non-hydrogen) atoms. The molecule has 3 aromatic rings. The number of ketones is 1. The van der Waals surface area contributed by atoms with Gasteiger partial charge in [-0.15, -0.1) is 11.3 Å². The van der Waals surface area contributed by atoms with Crippen molar-refractivity contribution in [1.82, 2.24) is 14.8 Å². The van der Waals surface area contributed by atoms with E-state index in [1.807, 2.05) is 30.3 Å². The van der Waals surface area contributed by atoms with Gasteiger partial charge in [0.1, 0.15) is 10.8 Å². The van der Waals surface area contributed by atoms with Crippen molar-refractivity contribution in [2.45, 2.75) is 13.0 Å². The lowest BCUT2D eigenvalue weighted by Gasteiger charge is -2.31. The van der Waals surface area contributed by atoms with E-state index < -0.39 is 29.3 Å². The molecule has 1 aromatic heterocycles. The molecule has 1 saturated heterocycles. The van der Waals surface area contributed by atoms with E-state index in [1.165, 1.54) is 34.4 Å². The molecule has 1 atom stereocenters. The van der Waals surface area contributed by atoms with E-state index in [1.54, 1.807) is 13.0 Å². The predicted octanol–water partition coefficient (Wildman–Crippen LogP) is 4.17. The van der Waals surface area contributed by atoms with Crippen molar-refractivity contribution in [3.05, 3.63) is 87.9 Å². The van der Waals surface area contributed by atoms with E-state index >= 15 is 0 Å². The average molecular weight is 508 g/mol. The van der Waals surface area contributed by atoms with Crippen LogP contribution in [0.4, 0.5) is 4.39 Å². The number of hydrogen-bond acceptors (Lipinski definition) is 7. The molecule has 186 valence electrons. The number of carbonyl (C=O) groups excluding carboxylic acids is 2. The van der Waals surface area contributed by atoms with Crippen LogP contribution in [0.25, 0.3) is 10.6 Å². The standard InChI is InChI=1S/C27H26FN3O4S/c1-17-25(36-26(29-17)18-6-3-2-4-7-18)23(32)21-22(19-8-5-9-20(28)16-19)31(27(34)24(21)33)11-10-30-12-14-35-15-13-30/h2-9,16,22,33H,10-15H2,1H3. The highest BCUT2D eigenvalue weighted by molar-refractivity contribution is 7.17. The fourth-order valence-corrected chi connectivity index (χ4v) is 5.67. The van der Waals surface area contributed by atoms with Crippen molar-refractivity contribution in [2.24, 2.45) is 0 Å². The summed E-state index contributed by atoms with van der Waals surface area (Å²) in [6.45, 7) is 5.26. The third-order valence-electron chi connectivity index (χ3n) is 6.50. The monoisotopic (exact) mass is 507 g/mol. The zero-order valence-corrected chi connectivity index (χ0v) is 20.6. The first-order valence-corrected chi connectivity index (χ1v) is 12.6. The summed E-state index contributed by atoms with van der Waals surface area (Å²) >= 11 is 1.22. The van der Waals surface area contributed by atoms with Gasteiger partial charge in [0.15, 0.2) is 5.76 Å². The van der Waals surface area contributed by atoms with Gasteiger partial charge in [-0.25, -0.2) is 9.37 Å². The molecule has 0 radical (unpaired) electrons. The van der Waals surface area contributed by atoms with Crippen molar-refractivity contribution in [3.8, 4) is 10.6 Å². The first kappa shape index (κ1) is 24.3. The van der Waals surface area contributed by atoms with Crippen LogP contribution in [0.1, 0.15) is 27.0 Å². The molecule has 2 aliphatic heterocycles. The Balaban J connectivity index is 1.50. The molecule has 1 unspecified atom stereocenters. The number of aliphatic hydroxyl groups excluding tert-OH is 1. The van der Waals surface area contributed by atoms with Crippen molar-refractivity contribution in [2.75, 3.05) is 39.4 Å². The molecule has 2 aliphatic rings. The second-order valence-corrected chi connectivity index (χ2v) is 9.80. The number of aryl methyl sites for hydroxylation is 1. The predicted molar refractivity (Wildman–Crippen MR) is 134 cm³/mol. The van der Waals surface area contributed by atoms with Crippen molar-refractivity contribution in [3.63, 3.8) is 0 Å². The molecule has 0 saturated carbocycles. The van der Waals surface area contributed by atoms with E-state index in [-0.39, 0.29) is 12.1 Å². The lowest BCUT2D eigenvalue weighted by Crippen LogP contribution is -2.43. The van der Waals surface area contributed by atoms with Gasteiger partial charge in [-0.05, 0) is 24.6 Å². The summed E-state index contributed by atoms with van der Waals surface area (Å²) in [7, 11) is 0. The van der Waals surface area contributed by atoms with Gasteiger partial charge in [0, 0.05) is 31.7 Å². The first-order chi connectivity index (χ1) is 17.4. The number of hydrogen-bond donors (Lipinski definition) is 1. The van der Waals surface area contributed by atoms with E-state index in [0.29, 0.717) is 40.9 Å². The number of Topliss-reactive ketones (excluding diaryl/α,β-unsaturated/α-hetero) is 1. The highest BCUT2D eigenvalue weighted by Crippen LogP contribution is 2.41. The Morgan fingerprint density at radius 1 is 1.14 bits per heavy atom. The quantitative estimate of drug-likeness (QED) is 0.484. The number of rotatable bonds is 7. The van der Waals surface area contributed by atoms with Crippen molar-refractivity contribution in [1.29, 1.82) is 0 Å². The fraction of sp³-hybridized carbons (Fsp3) is 0.296. The summed E-state index contributed by atoms with van der Waals surface area (Å²) in [5.41, 5.74) is 1.78. The Bertz CT molecular complexity index is 1320. The second kappa shape index (κ2) is 10.3. The number of ether oxygens (including phenoxy) is 1. The molecular weight excluding hydrogens is 481 g/mol. The van der Waals surface area contributed by atoms with Crippen LogP contribution in [0.5, 0.6) is 0 Å². The molecule has 9 heteroatoms. The minimum Gasteiger partial charge on any atom is -0.503 e. The van der Waals surface area contributed by atoms with E-state index in [2.05, 4.69) is 9.88 Å². The molecule has 7 nitrogen and oxygen atoms in total. The maximum Gasteiger partial charge on any atom is 0.290 e. The smallest absolute Gasteiger partial charge is 0.290 e. The number of aliphatic hydroxyl groups is 1. The van der Waals surface area contributed by atoms with Gasteiger partial charge in [0.2, 0.25) is 5.78 Å². The number of amides is 1. The van der Waals surface area contributed by atoms with Crippen LogP contribution in [0.3, 0.4) is 0 Å². The number of thiazole rings is 1. The van der Waals surface area contributed by atoms with Gasteiger partial charge >= 0.3 is 0 Å². The van der Waals surface area contributed by atoms with Gasteiger partial charge in [-0.1, -0.05) is 42.5 Å². The molecule has 0 aliphatic carbocycles. The number of carbonyl (C=O) groups is 2. The Hall–Kier alpha value is -3.40. The number of aromatic nitrogens is 1. The summed E-state index contributed by atoms with van der Waals surface area (Å²) < 4.78 is 19.6. The van der Waals surface area contributed by atoms with Crippen LogP contribution < -0.4 is 0 Å². The van der Waals surface area contributed by atoms with Gasteiger partial charge in [-0.2, -0.15) is 0 Å². The third-order valence-corrected chi connectivity index (χ3v) is 7.70. The Morgan fingerprint density at radius 2 is 1.89 bits per heavy atom. The molecule has 3 heterocycles. The van der Waals surface area contributed by atoms with Gasteiger partial charge < -0.3 is 14.7 Å². The number of benzene rings is 2. The zero-order valence-electron chi connectivity index (χ0n) is 19.8. The molecule has 0 spiro atoms. The van der Waals surface area contributed by atoms with Gasteiger partial charge in [-0.3, -0.25) is 14.5 Å². The minimum absolute atomic E-state index is 0.0426. The summed E-state index contributed by atoms with van der Waals surface area (Å²) in [6.07, 6.45) is 0. The minimum atomic E-state index is -0.900. The number of halogens is 1. The lowest BCUT2D eigenvalue weighted by molar-refractivity contribution is -0.129. The number of nitrogens with zero attached hydrogens (tertiary/aromatic N) is 3. The van der Waals surface area contributed by atoms with E-state index in [0.717, 1.165) is 18.7 Å². The Morgan fingerprint density at radius 3 is 2.61 bits per heavy atom. The maximum atomic E-state index is 14.2. The average Bonchev–Trinajstić information content (AvgIpc) is 3.41. The van der Waals surface area contributed by atoms with E-state index in [9.17, 15) is 19.1 Å². The van der Waals surface area contributed by atoms with Crippen LogP contribution in [0, 0.1) is 12.7 Å². The fourth-order valence-electron chi connectivity index (χ4n) is 4.65. The first-order valence-electron chi connectivity index (χ1n) is 11.8. The van der Waals surface area contributed by atoms with Crippen LogP contribution in [0.15, 0.2) is 65.9 Å².